The molecular formula is C22H27N5O5S. The Kier molecular flexibility index (Phi) is 5.79. The van der Waals surface area contributed by atoms with Crippen LogP contribution in [0.4, 0.5) is 10.5 Å². The average Bonchev–Trinajstić information content (AvgIpc) is 3.12. The van der Waals surface area contributed by atoms with E-state index >= 15 is 0 Å². The number of fused-ring (bicyclic) bond motifs is 3. The van der Waals surface area contributed by atoms with E-state index in [0.717, 1.165) is 10.1 Å². The quantitative estimate of drug-likeness (QED) is 0.537. The first kappa shape index (κ1) is 23.0. The molecule has 4 rings (SSSR count). The van der Waals surface area contributed by atoms with Crippen LogP contribution in [0.2, 0.25) is 0 Å². The van der Waals surface area contributed by atoms with Crippen molar-refractivity contribution < 1.29 is 23.8 Å². The number of benzene rings is 1. The molecule has 0 bridgehead atoms. The number of hydrogen-bond donors (Lipinski definition) is 2. The van der Waals surface area contributed by atoms with Crippen LogP contribution in [0.5, 0.6) is 5.88 Å². The summed E-state index contributed by atoms with van der Waals surface area (Å²) in [6, 6.07) is 3.73. The number of rotatable bonds is 5. The smallest absolute Gasteiger partial charge is 0.410 e. The number of esters is 1. The number of ether oxygens (including phenoxy) is 3. The number of nitrogens with two attached hydrogens (primary N) is 1. The van der Waals surface area contributed by atoms with Gasteiger partial charge in [-0.15, -0.1) is 11.3 Å². The highest BCUT2D eigenvalue weighted by Crippen LogP contribution is 2.40. The van der Waals surface area contributed by atoms with Crippen LogP contribution >= 0.6 is 11.3 Å². The molecule has 0 radical (unpaired) electrons. The van der Waals surface area contributed by atoms with Gasteiger partial charge in [-0.25, -0.2) is 19.6 Å². The van der Waals surface area contributed by atoms with Crippen molar-refractivity contribution in [1.29, 1.82) is 0 Å². The van der Waals surface area contributed by atoms with E-state index in [2.05, 4.69) is 15.3 Å². The SMILES string of the molecule is COC(=O)c1sc2ccc3nc(OC)cnc3c2c1NCC1(N)CN(C(=O)OC(C)(C)C)C1. The van der Waals surface area contributed by atoms with Gasteiger partial charge in [0.15, 0.2) is 0 Å². The Balaban J connectivity index is 1.62. The first-order valence-corrected chi connectivity index (χ1v) is 11.2. The Morgan fingerprint density at radius 2 is 2.00 bits per heavy atom. The summed E-state index contributed by atoms with van der Waals surface area (Å²) in [5.41, 5.74) is 7.12. The molecule has 11 heteroatoms. The predicted octanol–water partition coefficient (Wildman–Crippen LogP) is 3.00. The third-order valence-corrected chi connectivity index (χ3v) is 6.34. The summed E-state index contributed by atoms with van der Waals surface area (Å²) in [5, 5.41) is 4.09. The maximum Gasteiger partial charge on any atom is 0.410 e. The van der Waals surface area contributed by atoms with E-state index in [4.69, 9.17) is 19.9 Å². The van der Waals surface area contributed by atoms with Crippen LogP contribution in [0.15, 0.2) is 18.3 Å². The molecule has 0 atom stereocenters. The number of carbonyl (C=O) groups is 2. The van der Waals surface area contributed by atoms with Crippen LogP contribution in [-0.4, -0.2) is 71.9 Å². The third kappa shape index (κ3) is 4.51. The molecule has 176 valence electrons. The number of amides is 1. The Morgan fingerprint density at radius 3 is 2.64 bits per heavy atom. The molecule has 3 aromatic rings. The van der Waals surface area contributed by atoms with Gasteiger partial charge in [0.2, 0.25) is 5.88 Å². The topological polar surface area (TPSA) is 129 Å². The molecule has 1 aromatic carbocycles. The van der Waals surface area contributed by atoms with Crippen molar-refractivity contribution in [3.05, 3.63) is 23.2 Å². The zero-order chi connectivity index (χ0) is 24.0. The molecule has 0 spiro atoms. The van der Waals surface area contributed by atoms with Gasteiger partial charge in [-0.1, -0.05) is 0 Å². The van der Waals surface area contributed by atoms with Crippen molar-refractivity contribution in [2.75, 3.05) is 39.2 Å². The van der Waals surface area contributed by atoms with Crippen molar-refractivity contribution in [3.63, 3.8) is 0 Å². The molecule has 1 amide bonds. The highest BCUT2D eigenvalue weighted by Gasteiger charge is 2.43. The van der Waals surface area contributed by atoms with E-state index in [9.17, 15) is 9.59 Å². The molecule has 2 aromatic heterocycles. The molecule has 1 aliphatic heterocycles. The summed E-state index contributed by atoms with van der Waals surface area (Å²) in [7, 11) is 2.87. The highest BCUT2D eigenvalue weighted by molar-refractivity contribution is 7.21. The molecular weight excluding hydrogens is 446 g/mol. The van der Waals surface area contributed by atoms with Gasteiger partial charge in [0.1, 0.15) is 10.5 Å². The molecule has 3 N–H and O–H groups in total. The van der Waals surface area contributed by atoms with Gasteiger partial charge in [0.05, 0.1) is 42.7 Å². The lowest BCUT2D eigenvalue weighted by atomic mass is 9.91. The maximum absolute atomic E-state index is 12.5. The van der Waals surface area contributed by atoms with E-state index in [1.807, 2.05) is 32.9 Å². The van der Waals surface area contributed by atoms with Gasteiger partial charge in [-0.3, -0.25) is 0 Å². The van der Waals surface area contributed by atoms with Crippen LogP contribution in [-0.2, 0) is 9.47 Å². The van der Waals surface area contributed by atoms with E-state index in [1.165, 1.54) is 31.8 Å². The van der Waals surface area contributed by atoms with Crippen LogP contribution < -0.4 is 15.8 Å². The van der Waals surface area contributed by atoms with E-state index in [0.29, 0.717) is 47.1 Å². The number of anilines is 1. The molecule has 0 aliphatic carbocycles. The lowest BCUT2D eigenvalue weighted by Gasteiger charge is -2.47. The maximum atomic E-state index is 12.5. The molecule has 33 heavy (non-hydrogen) atoms. The first-order valence-electron chi connectivity index (χ1n) is 10.4. The number of nitrogens with zero attached hydrogens (tertiary/aromatic N) is 3. The Bertz CT molecular complexity index is 1230. The van der Waals surface area contributed by atoms with Crippen molar-refractivity contribution in [2.24, 2.45) is 5.73 Å². The summed E-state index contributed by atoms with van der Waals surface area (Å²) < 4.78 is 16.4. The first-order chi connectivity index (χ1) is 15.5. The number of aromatic nitrogens is 2. The van der Waals surface area contributed by atoms with Gasteiger partial charge in [0.25, 0.3) is 0 Å². The Labute approximate surface area is 195 Å². The summed E-state index contributed by atoms with van der Waals surface area (Å²) in [6.45, 7) is 6.47. The van der Waals surface area contributed by atoms with Crippen molar-refractivity contribution in [3.8, 4) is 5.88 Å². The van der Waals surface area contributed by atoms with Crippen molar-refractivity contribution >= 4 is 50.2 Å². The van der Waals surface area contributed by atoms with E-state index in [-0.39, 0.29) is 0 Å². The molecule has 0 saturated carbocycles. The number of hydrogen-bond acceptors (Lipinski definition) is 10. The summed E-state index contributed by atoms with van der Waals surface area (Å²) in [4.78, 5) is 35.7. The minimum atomic E-state index is -0.669. The van der Waals surface area contributed by atoms with Crippen LogP contribution in [0.3, 0.4) is 0 Å². The lowest BCUT2D eigenvalue weighted by Crippen LogP contribution is -2.71. The summed E-state index contributed by atoms with van der Waals surface area (Å²) in [5.74, 6) is -0.0548. The van der Waals surface area contributed by atoms with Gasteiger partial charge >= 0.3 is 12.1 Å². The Hall–Kier alpha value is -3.18. The molecule has 1 aliphatic rings. The Morgan fingerprint density at radius 1 is 1.27 bits per heavy atom. The molecule has 0 unspecified atom stereocenters. The predicted molar refractivity (Wildman–Crippen MR) is 126 cm³/mol. The average molecular weight is 474 g/mol. The second-order valence-electron chi connectivity index (χ2n) is 9.07. The number of methoxy groups -OCH3 is 2. The van der Waals surface area contributed by atoms with Crippen molar-refractivity contribution in [2.45, 2.75) is 31.9 Å². The second-order valence-corrected chi connectivity index (χ2v) is 10.1. The normalized spacial score (nSPS) is 15.3. The largest absolute Gasteiger partial charge is 0.480 e. The fourth-order valence-electron chi connectivity index (χ4n) is 3.70. The standard InChI is InChI=1S/C22H27N5O5S/c1-21(2,3)32-20(29)27-10-22(23,11-27)9-25-17-15-13(33-18(17)19(28)31-5)7-6-12-16(15)24-8-14(26-12)30-4/h6-8,25H,9-11,23H2,1-5H3. The van der Waals surface area contributed by atoms with Gasteiger partial charge in [-0.05, 0) is 32.9 Å². The third-order valence-electron chi connectivity index (χ3n) is 5.20. The van der Waals surface area contributed by atoms with Gasteiger partial charge in [-0.2, -0.15) is 0 Å². The monoisotopic (exact) mass is 473 g/mol. The zero-order valence-corrected chi connectivity index (χ0v) is 20.0. The molecule has 1 saturated heterocycles. The van der Waals surface area contributed by atoms with Crippen LogP contribution in [0.25, 0.3) is 21.1 Å². The number of likely N-dealkylation sites (tertiary alicyclic amines) is 1. The fourth-order valence-corrected chi connectivity index (χ4v) is 4.80. The fraction of sp³-hybridized carbons (Fsp3) is 0.455. The molecule has 1 fully saturated rings. The summed E-state index contributed by atoms with van der Waals surface area (Å²) >= 11 is 1.31. The number of thiophene rings is 1. The minimum absolute atomic E-state index is 0.335. The molecule has 3 heterocycles. The lowest BCUT2D eigenvalue weighted by molar-refractivity contribution is -0.00558. The summed E-state index contributed by atoms with van der Waals surface area (Å²) in [6.07, 6.45) is 1.14. The number of carbonyl (C=O) groups excluding carboxylic acids is 2. The van der Waals surface area contributed by atoms with Crippen molar-refractivity contribution in [1.82, 2.24) is 14.9 Å². The minimum Gasteiger partial charge on any atom is -0.480 e. The second kappa shape index (κ2) is 8.31. The van der Waals surface area contributed by atoms with E-state index < -0.39 is 23.2 Å². The van der Waals surface area contributed by atoms with Crippen LogP contribution in [0, 0.1) is 0 Å². The molecule has 10 nitrogen and oxygen atoms in total. The highest BCUT2D eigenvalue weighted by atomic mass is 32.1. The van der Waals surface area contributed by atoms with Crippen LogP contribution in [0.1, 0.15) is 30.4 Å². The van der Waals surface area contributed by atoms with Gasteiger partial charge in [0, 0.05) is 29.7 Å². The van der Waals surface area contributed by atoms with E-state index in [1.54, 1.807) is 4.90 Å². The zero-order valence-electron chi connectivity index (χ0n) is 19.2. The van der Waals surface area contributed by atoms with Gasteiger partial charge < -0.3 is 30.2 Å². The number of nitrogens with one attached hydrogen (secondary N) is 1.